The van der Waals surface area contributed by atoms with E-state index in [0.29, 0.717) is 11.3 Å². The zero-order chi connectivity index (χ0) is 13.8. The zero-order valence-electron chi connectivity index (χ0n) is 11.4. The Labute approximate surface area is 112 Å². The SMILES string of the molecule is COC(=O)c1ccc(NC2CNC[C@@H]2OC)nc1C. The van der Waals surface area contributed by atoms with Crippen molar-refractivity contribution in [2.45, 2.75) is 19.1 Å². The van der Waals surface area contributed by atoms with Crippen LogP contribution in [0.3, 0.4) is 0 Å². The predicted molar refractivity (Wildman–Crippen MR) is 71.4 cm³/mol. The molecule has 0 radical (unpaired) electrons. The Morgan fingerprint density at radius 3 is 2.84 bits per heavy atom. The highest BCUT2D eigenvalue weighted by Gasteiger charge is 2.27. The van der Waals surface area contributed by atoms with E-state index in [1.54, 1.807) is 26.2 Å². The number of ether oxygens (including phenoxy) is 2. The van der Waals surface area contributed by atoms with Crippen molar-refractivity contribution in [1.29, 1.82) is 0 Å². The summed E-state index contributed by atoms with van der Waals surface area (Å²) in [7, 11) is 3.06. The van der Waals surface area contributed by atoms with Crippen molar-refractivity contribution in [1.82, 2.24) is 10.3 Å². The van der Waals surface area contributed by atoms with Gasteiger partial charge in [0.15, 0.2) is 0 Å². The monoisotopic (exact) mass is 265 g/mol. The maximum absolute atomic E-state index is 11.5. The molecule has 2 heterocycles. The van der Waals surface area contributed by atoms with Gasteiger partial charge in [-0.15, -0.1) is 0 Å². The second kappa shape index (κ2) is 5.99. The fourth-order valence-corrected chi connectivity index (χ4v) is 2.20. The van der Waals surface area contributed by atoms with E-state index in [1.165, 1.54) is 7.11 Å². The zero-order valence-corrected chi connectivity index (χ0v) is 11.4. The molecule has 1 aromatic heterocycles. The average Bonchev–Trinajstić information content (AvgIpc) is 2.85. The Kier molecular flexibility index (Phi) is 4.34. The van der Waals surface area contributed by atoms with Crippen molar-refractivity contribution in [3.63, 3.8) is 0 Å². The molecule has 0 bridgehead atoms. The van der Waals surface area contributed by atoms with Crippen molar-refractivity contribution < 1.29 is 14.3 Å². The van der Waals surface area contributed by atoms with Crippen LogP contribution in [-0.4, -0.2) is 50.4 Å². The molecule has 104 valence electrons. The fraction of sp³-hybridized carbons (Fsp3) is 0.538. The Balaban J connectivity index is 2.10. The van der Waals surface area contributed by atoms with Crippen LogP contribution in [0.5, 0.6) is 0 Å². The van der Waals surface area contributed by atoms with E-state index in [0.717, 1.165) is 18.9 Å². The van der Waals surface area contributed by atoms with Crippen molar-refractivity contribution in [2.75, 3.05) is 32.6 Å². The molecule has 1 fully saturated rings. The minimum absolute atomic E-state index is 0.127. The molecule has 0 aromatic carbocycles. The second-order valence-electron chi connectivity index (χ2n) is 4.50. The first-order chi connectivity index (χ1) is 9.15. The third-order valence-electron chi connectivity index (χ3n) is 3.29. The first kappa shape index (κ1) is 13.8. The molecule has 0 aliphatic carbocycles. The third-order valence-corrected chi connectivity index (χ3v) is 3.29. The van der Waals surface area contributed by atoms with E-state index >= 15 is 0 Å². The lowest BCUT2D eigenvalue weighted by Gasteiger charge is -2.19. The number of hydrogen-bond donors (Lipinski definition) is 2. The molecule has 19 heavy (non-hydrogen) atoms. The maximum Gasteiger partial charge on any atom is 0.339 e. The van der Waals surface area contributed by atoms with Gasteiger partial charge in [0.2, 0.25) is 0 Å². The molecule has 1 unspecified atom stereocenters. The summed E-state index contributed by atoms with van der Waals surface area (Å²) in [5, 5.41) is 6.57. The van der Waals surface area contributed by atoms with Gasteiger partial charge in [-0.3, -0.25) is 0 Å². The first-order valence-corrected chi connectivity index (χ1v) is 6.21. The van der Waals surface area contributed by atoms with Crippen molar-refractivity contribution in [3.8, 4) is 0 Å². The van der Waals surface area contributed by atoms with Crippen molar-refractivity contribution in [3.05, 3.63) is 23.4 Å². The molecular weight excluding hydrogens is 246 g/mol. The number of pyridine rings is 1. The van der Waals surface area contributed by atoms with Gasteiger partial charge in [-0.1, -0.05) is 0 Å². The van der Waals surface area contributed by atoms with Gasteiger partial charge in [0.05, 0.1) is 30.5 Å². The van der Waals surface area contributed by atoms with Crippen molar-refractivity contribution in [2.24, 2.45) is 0 Å². The Morgan fingerprint density at radius 1 is 1.42 bits per heavy atom. The van der Waals surface area contributed by atoms with Gasteiger partial charge in [0, 0.05) is 20.2 Å². The van der Waals surface area contributed by atoms with Gasteiger partial charge in [-0.25, -0.2) is 9.78 Å². The number of nitrogens with one attached hydrogen (secondary N) is 2. The van der Waals surface area contributed by atoms with Crippen LogP contribution >= 0.6 is 0 Å². The summed E-state index contributed by atoms with van der Waals surface area (Å²) < 4.78 is 10.1. The van der Waals surface area contributed by atoms with Gasteiger partial charge in [-0.2, -0.15) is 0 Å². The van der Waals surface area contributed by atoms with Crippen LogP contribution in [0.15, 0.2) is 12.1 Å². The lowest BCUT2D eigenvalue weighted by molar-refractivity contribution is 0.0599. The van der Waals surface area contributed by atoms with Crippen LogP contribution in [0, 0.1) is 6.92 Å². The normalized spacial score (nSPS) is 22.3. The molecular formula is C13H19N3O3. The molecule has 2 atom stereocenters. The quantitative estimate of drug-likeness (QED) is 0.776. The number of carbonyl (C=O) groups is 1. The van der Waals surface area contributed by atoms with Gasteiger partial charge in [-0.05, 0) is 19.1 Å². The predicted octanol–water partition coefficient (Wildman–Crippen LogP) is 0.575. The molecule has 1 aromatic rings. The summed E-state index contributed by atoms with van der Waals surface area (Å²) >= 11 is 0. The summed E-state index contributed by atoms with van der Waals surface area (Å²) in [4.78, 5) is 15.9. The molecule has 0 spiro atoms. The number of nitrogens with zero attached hydrogens (tertiary/aromatic N) is 1. The number of rotatable bonds is 4. The molecule has 1 aliphatic rings. The van der Waals surface area contributed by atoms with E-state index in [-0.39, 0.29) is 18.1 Å². The number of methoxy groups -OCH3 is 2. The van der Waals surface area contributed by atoms with Gasteiger partial charge in [0.25, 0.3) is 0 Å². The summed E-state index contributed by atoms with van der Waals surface area (Å²) in [5.74, 6) is 0.370. The van der Waals surface area contributed by atoms with Crippen LogP contribution in [0.1, 0.15) is 16.1 Å². The van der Waals surface area contributed by atoms with Crippen LogP contribution < -0.4 is 10.6 Å². The highest BCUT2D eigenvalue weighted by Crippen LogP contribution is 2.15. The van der Waals surface area contributed by atoms with E-state index < -0.39 is 0 Å². The van der Waals surface area contributed by atoms with Crippen LogP contribution in [-0.2, 0) is 9.47 Å². The Hall–Kier alpha value is -1.66. The first-order valence-electron chi connectivity index (χ1n) is 6.21. The van der Waals surface area contributed by atoms with Gasteiger partial charge >= 0.3 is 5.97 Å². The van der Waals surface area contributed by atoms with Crippen molar-refractivity contribution >= 4 is 11.8 Å². The average molecular weight is 265 g/mol. The molecule has 0 saturated carbocycles. The number of anilines is 1. The highest BCUT2D eigenvalue weighted by molar-refractivity contribution is 5.90. The number of aromatic nitrogens is 1. The maximum atomic E-state index is 11.5. The smallest absolute Gasteiger partial charge is 0.339 e. The molecule has 0 amide bonds. The topological polar surface area (TPSA) is 72.5 Å². The largest absolute Gasteiger partial charge is 0.465 e. The number of hydrogen-bond acceptors (Lipinski definition) is 6. The standard InChI is InChI=1S/C13H19N3O3/c1-8-9(13(17)19-3)4-5-12(15-8)16-10-6-14-7-11(10)18-2/h4-5,10-11,14H,6-7H2,1-3H3,(H,15,16)/t10?,11-/m0/s1. The van der Waals surface area contributed by atoms with E-state index in [9.17, 15) is 4.79 Å². The van der Waals surface area contributed by atoms with Gasteiger partial charge in [0.1, 0.15) is 5.82 Å². The number of esters is 1. The molecule has 2 N–H and O–H groups in total. The molecule has 1 saturated heterocycles. The summed E-state index contributed by atoms with van der Waals surface area (Å²) in [6, 6.07) is 3.69. The van der Waals surface area contributed by atoms with Crippen LogP contribution in [0.2, 0.25) is 0 Å². The molecule has 6 heteroatoms. The van der Waals surface area contributed by atoms with Crippen LogP contribution in [0.4, 0.5) is 5.82 Å². The Morgan fingerprint density at radius 2 is 2.21 bits per heavy atom. The summed E-state index contributed by atoms with van der Waals surface area (Å²) in [6.45, 7) is 3.45. The Bertz CT molecular complexity index is 464. The molecule has 6 nitrogen and oxygen atoms in total. The minimum atomic E-state index is -0.367. The van der Waals surface area contributed by atoms with E-state index in [1.807, 2.05) is 0 Å². The van der Waals surface area contributed by atoms with Gasteiger partial charge < -0.3 is 20.1 Å². The number of aryl methyl sites for hydroxylation is 1. The van der Waals surface area contributed by atoms with E-state index in [4.69, 9.17) is 9.47 Å². The summed E-state index contributed by atoms with van der Waals surface area (Å²) in [5.41, 5.74) is 1.14. The van der Waals surface area contributed by atoms with E-state index in [2.05, 4.69) is 15.6 Å². The molecule has 1 aliphatic heterocycles. The second-order valence-corrected chi connectivity index (χ2v) is 4.50. The third kappa shape index (κ3) is 3.02. The summed E-state index contributed by atoms with van der Waals surface area (Å²) in [6.07, 6.45) is 0.127. The lowest BCUT2D eigenvalue weighted by atomic mass is 10.2. The lowest BCUT2D eigenvalue weighted by Crippen LogP contribution is -2.33. The van der Waals surface area contributed by atoms with Crippen LogP contribution in [0.25, 0.3) is 0 Å². The fourth-order valence-electron chi connectivity index (χ4n) is 2.20. The minimum Gasteiger partial charge on any atom is -0.465 e. The highest BCUT2D eigenvalue weighted by atomic mass is 16.5. The molecule has 2 rings (SSSR count). The number of carbonyl (C=O) groups excluding carboxylic acids is 1.